The van der Waals surface area contributed by atoms with Crippen LogP contribution in [-0.2, 0) is 12.3 Å². The number of aromatic nitrogens is 1. The summed E-state index contributed by atoms with van der Waals surface area (Å²) in [6.45, 7) is 0.552. The van der Waals surface area contributed by atoms with Crippen molar-refractivity contribution in [1.82, 2.24) is 4.98 Å². The maximum absolute atomic E-state index is 5.58. The number of hydrogen-bond acceptors (Lipinski definition) is 3. The third kappa shape index (κ3) is 3.08. The smallest absolute Gasteiger partial charge is 0.0312 e. The van der Waals surface area contributed by atoms with Crippen molar-refractivity contribution in [3.8, 4) is 0 Å². The first-order valence-corrected chi connectivity index (χ1v) is 6.18. The van der Waals surface area contributed by atoms with E-state index in [9.17, 15) is 0 Å². The Morgan fingerprint density at radius 1 is 1.06 bits per heavy atom. The lowest BCUT2D eigenvalue weighted by Crippen LogP contribution is -1.97. The van der Waals surface area contributed by atoms with Crippen LogP contribution in [0, 0.1) is 0 Å². The van der Waals surface area contributed by atoms with Crippen LogP contribution in [0.1, 0.15) is 11.1 Å². The second kappa shape index (κ2) is 5.68. The molecular weight excluding hydrogens is 216 g/mol. The highest BCUT2D eigenvalue weighted by Crippen LogP contribution is 2.21. The lowest BCUT2D eigenvalue weighted by atomic mass is 10.2. The third-order valence-corrected chi connectivity index (χ3v) is 3.32. The summed E-state index contributed by atoms with van der Waals surface area (Å²) in [7, 11) is 0. The molecule has 0 aliphatic carbocycles. The van der Waals surface area contributed by atoms with Gasteiger partial charge in [-0.15, -0.1) is 11.8 Å². The first-order valence-electron chi connectivity index (χ1n) is 5.19. The minimum Gasteiger partial charge on any atom is -0.326 e. The summed E-state index contributed by atoms with van der Waals surface area (Å²) in [6.07, 6.45) is 3.71. The molecule has 0 saturated heterocycles. The van der Waals surface area contributed by atoms with Gasteiger partial charge >= 0.3 is 0 Å². The molecule has 0 unspecified atom stereocenters. The maximum Gasteiger partial charge on any atom is 0.0312 e. The van der Waals surface area contributed by atoms with Gasteiger partial charge in [-0.05, 0) is 23.3 Å². The second-order valence-corrected chi connectivity index (χ2v) is 4.56. The van der Waals surface area contributed by atoms with E-state index in [4.69, 9.17) is 5.73 Å². The van der Waals surface area contributed by atoms with Crippen molar-refractivity contribution in [2.45, 2.75) is 17.2 Å². The SMILES string of the molecule is NCc1cncc(CSc2ccccc2)c1. The van der Waals surface area contributed by atoms with Crippen molar-refractivity contribution in [2.24, 2.45) is 5.73 Å². The van der Waals surface area contributed by atoms with E-state index in [-0.39, 0.29) is 0 Å². The molecule has 3 heteroatoms. The van der Waals surface area contributed by atoms with E-state index in [1.165, 1.54) is 10.5 Å². The molecule has 16 heavy (non-hydrogen) atoms. The van der Waals surface area contributed by atoms with Crippen LogP contribution in [0.3, 0.4) is 0 Å². The summed E-state index contributed by atoms with van der Waals surface area (Å²) in [5.41, 5.74) is 7.89. The molecule has 0 bridgehead atoms. The summed E-state index contributed by atoms with van der Waals surface area (Å²) < 4.78 is 0. The first kappa shape index (κ1) is 11.2. The van der Waals surface area contributed by atoms with Crippen LogP contribution in [0.15, 0.2) is 53.7 Å². The summed E-state index contributed by atoms with van der Waals surface area (Å²) >= 11 is 1.81. The van der Waals surface area contributed by atoms with Gasteiger partial charge in [-0.2, -0.15) is 0 Å². The van der Waals surface area contributed by atoms with E-state index in [0.29, 0.717) is 6.54 Å². The molecule has 1 aromatic heterocycles. The van der Waals surface area contributed by atoms with Crippen molar-refractivity contribution < 1.29 is 0 Å². The first-order chi connectivity index (χ1) is 7.88. The molecule has 1 aromatic carbocycles. The van der Waals surface area contributed by atoms with E-state index < -0.39 is 0 Å². The second-order valence-electron chi connectivity index (χ2n) is 3.51. The molecular formula is C13H14N2S. The fourth-order valence-corrected chi connectivity index (χ4v) is 2.26. The highest BCUT2D eigenvalue weighted by molar-refractivity contribution is 7.98. The number of nitrogens with zero attached hydrogens (tertiary/aromatic N) is 1. The van der Waals surface area contributed by atoms with Gasteiger partial charge in [-0.3, -0.25) is 4.98 Å². The minimum atomic E-state index is 0.552. The molecule has 0 aliphatic rings. The number of rotatable bonds is 4. The van der Waals surface area contributed by atoms with Crippen molar-refractivity contribution in [1.29, 1.82) is 0 Å². The zero-order chi connectivity index (χ0) is 11.2. The van der Waals surface area contributed by atoms with E-state index in [2.05, 4.69) is 35.3 Å². The van der Waals surface area contributed by atoms with Gasteiger partial charge in [0.1, 0.15) is 0 Å². The Bertz CT molecular complexity index is 443. The fraction of sp³-hybridized carbons (Fsp3) is 0.154. The van der Waals surface area contributed by atoms with Crippen molar-refractivity contribution in [3.63, 3.8) is 0 Å². The fourth-order valence-electron chi connectivity index (χ4n) is 1.42. The van der Waals surface area contributed by atoms with Gasteiger partial charge in [0.25, 0.3) is 0 Å². The zero-order valence-corrected chi connectivity index (χ0v) is 9.78. The van der Waals surface area contributed by atoms with Gasteiger partial charge in [-0.1, -0.05) is 24.3 Å². The molecule has 2 rings (SSSR count). The Morgan fingerprint density at radius 3 is 2.56 bits per heavy atom. The predicted octanol–water partition coefficient (Wildman–Crippen LogP) is 2.83. The Hall–Kier alpha value is -1.32. The topological polar surface area (TPSA) is 38.9 Å². The number of pyridine rings is 1. The Labute approximate surface area is 99.9 Å². The lowest BCUT2D eigenvalue weighted by Gasteiger charge is -2.03. The average molecular weight is 230 g/mol. The Morgan fingerprint density at radius 2 is 1.81 bits per heavy atom. The predicted molar refractivity (Wildman–Crippen MR) is 68.1 cm³/mol. The van der Waals surface area contributed by atoms with Crippen LogP contribution in [0.4, 0.5) is 0 Å². The molecule has 2 nitrogen and oxygen atoms in total. The highest BCUT2D eigenvalue weighted by atomic mass is 32.2. The van der Waals surface area contributed by atoms with Crippen molar-refractivity contribution >= 4 is 11.8 Å². The van der Waals surface area contributed by atoms with Gasteiger partial charge in [-0.25, -0.2) is 0 Å². The monoisotopic (exact) mass is 230 g/mol. The number of nitrogens with two attached hydrogens (primary N) is 1. The van der Waals surface area contributed by atoms with Crippen molar-refractivity contribution in [2.75, 3.05) is 0 Å². The van der Waals surface area contributed by atoms with Gasteiger partial charge in [0.2, 0.25) is 0 Å². The highest BCUT2D eigenvalue weighted by Gasteiger charge is 1.97. The van der Waals surface area contributed by atoms with E-state index >= 15 is 0 Å². The van der Waals surface area contributed by atoms with Crippen molar-refractivity contribution in [3.05, 3.63) is 59.9 Å². The number of hydrogen-bond donors (Lipinski definition) is 1. The van der Waals surface area contributed by atoms with E-state index in [1.807, 2.05) is 30.2 Å². The van der Waals surface area contributed by atoms with Crippen LogP contribution in [-0.4, -0.2) is 4.98 Å². The van der Waals surface area contributed by atoms with Gasteiger partial charge in [0.05, 0.1) is 0 Å². The standard InChI is InChI=1S/C13H14N2S/c14-7-11-6-12(9-15-8-11)10-16-13-4-2-1-3-5-13/h1-6,8-9H,7,10,14H2. The number of thioether (sulfide) groups is 1. The summed E-state index contributed by atoms with van der Waals surface area (Å²) in [6, 6.07) is 12.5. The summed E-state index contributed by atoms with van der Waals surface area (Å²) in [5, 5.41) is 0. The molecule has 1 heterocycles. The van der Waals surface area contributed by atoms with Crippen LogP contribution in [0.2, 0.25) is 0 Å². The molecule has 0 amide bonds. The minimum absolute atomic E-state index is 0.552. The van der Waals surface area contributed by atoms with E-state index in [0.717, 1.165) is 11.3 Å². The number of benzene rings is 1. The molecule has 0 radical (unpaired) electrons. The molecule has 0 fully saturated rings. The van der Waals surface area contributed by atoms with Gasteiger partial charge in [0, 0.05) is 29.6 Å². The molecule has 0 aliphatic heterocycles. The van der Waals surface area contributed by atoms with E-state index in [1.54, 1.807) is 0 Å². The summed E-state index contributed by atoms with van der Waals surface area (Å²) in [5.74, 6) is 0.935. The third-order valence-electron chi connectivity index (χ3n) is 2.24. The van der Waals surface area contributed by atoms with Crippen LogP contribution >= 0.6 is 11.8 Å². The summed E-state index contributed by atoms with van der Waals surface area (Å²) in [4.78, 5) is 5.45. The Balaban J connectivity index is 1.99. The van der Waals surface area contributed by atoms with Crippen LogP contribution in [0.25, 0.3) is 0 Å². The molecule has 0 atom stereocenters. The lowest BCUT2D eigenvalue weighted by molar-refractivity contribution is 1.04. The van der Waals surface area contributed by atoms with Crippen LogP contribution in [0.5, 0.6) is 0 Å². The maximum atomic E-state index is 5.58. The molecule has 0 saturated carbocycles. The average Bonchev–Trinajstić information content (AvgIpc) is 2.38. The molecule has 2 N–H and O–H groups in total. The quantitative estimate of drug-likeness (QED) is 0.821. The molecule has 82 valence electrons. The molecule has 0 spiro atoms. The molecule has 2 aromatic rings. The van der Waals surface area contributed by atoms with Crippen LogP contribution < -0.4 is 5.73 Å². The van der Waals surface area contributed by atoms with Gasteiger partial charge in [0.15, 0.2) is 0 Å². The normalized spacial score (nSPS) is 10.3. The largest absolute Gasteiger partial charge is 0.326 e. The Kier molecular flexibility index (Phi) is 3.97. The van der Waals surface area contributed by atoms with Gasteiger partial charge < -0.3 is 5.73 Å². The zero-order valence-electron chi connectivity index (χ0n) is 8.97.